The van der Waals surface area contributed by atoms with Gasteiger partial charge in [0, 0.05) is 16.6 Å². The molecular weight excluding hydrogens is 558 g/mol. The quantitative estimate of drug-likeness (QED) is 0.225. The molecular formula is C25H18F2N2O6S3. The molecule has 1 saturated heterocycles. The molecule has 0 unspecified atom stereocenters. The van der Waals surface area contributed by atoms with Gasteiger partial charge in [-0.3, -0.25) is 14.5 Å². The predicted molar refractivity (Wildman–Crippen MR) is 144 cm³/mol. The van der Waals surface area contributed by atoms with Crippen LogP contribution in [0.4, 0.5) is 14.5 Å². The van der Waals surface area contributed by atoms with Crippen LogP contribution in [0.25, 0.3) is 17.2 Å². The Morgan fingerprint density at radius 1 is 1.11 bits per heavy atom. The largest absolute Gasteiger partial charge is 0.507 e. The van der Waals surface area contributed by atoms with Gasteiger partial charge in [0.1, 0.15) is 15.6 Å². The Morgan fingerprint density at radius 2 is 1.87 bits per heavy atom. The Kier molecular flexibility index (Phi) is 8.21. The maximum absolute atomic E-state index is 13.6. The summed E-state index contributed by atoms with van der Waals surface area (Å²) >= 11 is 7.61. The molecule has 13 heteroatoms. The van der Waals surface area contributed by atoms with Crippen molar-refractivity contribution in [3.63, 3.8) is 0 Å². The highest BCUT2D eigenvalue weighted by Gasteiger charge is 2.38. The Morgan fingerprint density at radius 3 is 2.53 bits per heavy atom. The first-order valence-corrected chi connectivity index (χ1v) is 13.0. The van der Waals surface area contributed by atoms with E-state index in [1.165, 1.54) is 23.5 Å². The lowest BCUT2D eigenvalue weighted by Crippen LogP contribution is -2.43. The van der Waals surface area contributed by atoms with Crippen molar-refractivity contribution >= 4 is 69.2 Å². The number of nitrogens with zero attached hydrogens (tertiary/aromatic N) is 1. The molecule has 2 amide bonds. The summed E-state index contributed by atoms with van der Waals surface area (Å²) in [7, 11) is 0. The second-order valence-corrected chi connectivity index (χ2v) is 10.7. The molecule has 2 heterocycles. The topological polar surface area (TPSA) is 127 Å². The van der Waals surface area contributed by atoms with Gasteiger partial charge in [0.2, 0.25) is 5.91 Å². The Balaban J connectivity index is 1.45. The van der Waals surface area contributed by atoms with Crippen LogP contribution in [0.15, 0.2) is 52.7 Å². The molecule has 38 heavy (non-hydrogen) atoms. The number of benzene rings is 2. The summed E-state index contributed by atoms with van der Waals surface area (Å²) in [6.45, 7) is -0.560. The number of hydrogen-bond acceptors (Lipinski definition) is 8. The first kappa shape index (κ1) is 27.4. The molecule has 1 aromatic heterocycles. The highest BCUT2D eigenvalue weighted by molar-refractivity contribution is 8.26. The van der Waals surface area contributed by atoms with Crippen molar-refractivity contribution in [2.45, 2.75) is 12.5 Å². The molecule has 1 aliphatic heterocycles. The fraction of sp³-hybridized carbons (Fsp3) is 0.120. The van der Waals surface area contributed by atoms with Crippen molar-refractivity contribution in [1.82, 2.24) is 4.90 Å². The van der Waals surface area contributed by atoms with Crippen LogP contribution in [-0.4, -0.2) is 55.0 Å². The van der Waals surface area contributed by atoms with Crippen LogP contribution in [0.2, 0.25) is 0 Å². The minimum Gasteiger partial charge on any atom is -0.507 e. The number of thiocarbonyl (C=S) groups is 1. The number of thioether (sulfide) groups is 1. The smallest absolute Gasteiger partial charge is 0.339 e. The number of nitrogens with one attached hydrogen (secondary N) is 1. The number of carboxylic acids is 1. The highest BCUT2D eigenvalue weighted by atomic mass is 32.2. The average molecular weight is 577 g/mol. The number of aliphatic hydroxyl groups is 1. The molecule has 8 nitrogen and oxygen atoms in total. The molecule has 1 fully saturated rings. The van der Waals surface area contributed by atoms with Gasteiger partial charge in [-0.2, -0.15) is 0 Å². The maximum atomic E-state index is 13.6. The van der Waals surface area contributed by atoms with E-state index in [0.29, 0.717) is 16.0 Å². The van der Waals surface area contributed by atoms with E-state index >= 15 is 0 Å². The number of carbonyl (C=O) groups is 3. The molecule has 0 radical (unpaired) electrons. The molecule has 1 atom stereocenters. The normalized spacial score (nSPS) is 15.2. The third-order valence-electron chi connectivity index (χ3n) is 5.48. The summed E-state index contributed by atoms with van der Waals surface area (Å²) in [6, 6.07) is 7.81. The molecule has 2 aromatic carbocycles. The van der Waals surface area contributed by atoms with E-state index in [2.05, 4.69) is 5.32 Å². The second kappa shape index (κ2) is 11.4. The monoisotopic (exact) mass is 576 g/mol. The van der Waals surface area contributed by atoms with Crippen LogP contribution in [0.5, 0.6) is 5.75 Å². The van der Waals surface area contributed by atoms with Gasteiger partial charge in [-0.15, -0.1) is 11.3 Å². The van der Waals surface area contributed by atoms with Crippen molar-refractivity contribution in [3.05, 3.63) is 74.8 Å². The van der Waals surface area contributed by atoms with Gasteiger partial charge in [0.05, 0.1) is 24.0 Å². The van der Waals surface area contributed by atoms with Gasteiger partial charge in [0.25, 0.3) is 5.91 Å². The summed E-state index contributed by atoms with van der Waals surface area (Å²) < 4.78 is 27.0. The fourth-order valence-corrected chi connectivity index (χ4v) is 5.95. The van der Waals surface area contributed by atoms with Crippen LogP contribution < -0.4 is 5.32 Å². The Bertz CT molecular complexity index is 1490. The van der Waals surface area contributed by atoms with E-state index < -0.39 is 47.8 Å². The van der Waals surface area contributed by atoms with E-state index in [-0.39, 0.29) is 26.9 Å². The molecule has 4 rings (SSSR count). The highest BCUT2D eigenvalue weighted by Crippen LogP contribution is 2.36. The molecule has 196 valence electrons. The molecule has 0 spiro atoms. The Hall–Kier alpha value is -3.65. The van der Waals surface area contributed by atoms with Gasteiger partial charge in [0.15, 0.2) is 11.6 Å². The number of hydrogen-bond donors (Lipinski definition) is 4. The summed E-state index contributed by atoms with van der Waals surface area (Å²) in [5, 5.41) is 32.9. The summed E-state index contributed by atoms with van der Waals surface area (Å²) in [6.07, 6.45) is 1.27. The zero-order chi connectivity index (χ0) is 27.6. The van der Waals surface area contributed by atoms with Crippen molar-refractivity contribution in [2.75, 3.05) is 11.9 Å². The van der Waals surface area contributed by atoms with Crippen LogP contribution >= 0.6 is 35.3 Å². The number of amides is 2. The average Bonchev–Trinajstić information content (AvgIpc) is 3.43. The number of halogens is 2. The number of carbonyl (C=O) groups excluding carboxylic acids is 2. The number of phenols is 1. The number of aromatic hydroxyl groups is 1. The van der Waals surface area contributed by atoms with E-state index in [9.17, 15) is 33.4 Å². The number of thiophene rings is 1. The second-order valence-electron chi connectivity index (χ2n) is 8.04. The van der Waals surface area contributed by atoms with Crippen molar-refractivity contribution in [2.24, 2.45) is 0 Å². The minimum atomic E-state index is -1.33. The first-order chi connectivity index (χ1) is 18.1. The van der Waals surface area contributed by atoms with Gasteiger partial charge in [-0.05, 0) is 52.9 Å². The summed E-state index contributed by atoms with van der Waals surface area (Å²) in [5.41, 5.74) is 0.921. The van der Waals surface area contributed by atoms with Gasteiger partial charge >= 0.3 is 5.97 Å². The first-order valence-electron chi connectivity index (χ1n) is 10.9. The van der Waals surface area contributed by atoms with Crippen LogP contribution in [0.1, 0.15) is 21.7 Å². The number of aliphatic hydroxyl groups excluding tert-OH is 1. The number of rotatable bonds is 8. The van der Waals surface area contributed by atoms with Crippen molar-refractivity contribution in [1.29, 1.82) is 0 Å². The third kappa shape index (κ3) is 5.91. The lowest BCUT2D eigenvalue weighted by molar-refractivity contribution is -0.125. The molecule has 0 saturated carbocycles. The van der Waals surface area contributed by atoms with Crippen LogP contribution in [0, 0.1) is 11.6 Å². The van der Waals surface area contributed by atoms with Gasteiger partial charge < -0.3 is 20.6 Å². The van der Waals surface area contributed by atoms with E-state index in [1.807, 2.05) is 0 Å². The maximum Gasteiger partial charge on any atom is 0.339 e. The third-order valence-corrected chi connectivity index (χ3v) is 7.69. The summed E-state index contributed by atoms with van der Waals surface area (Å²) in [4.78, 5) is 38.8. The van der Waals surface area contributed by atoms with E-state index in [4.69, 9.17) is 17.3 Å². The molecule has 0 aliphatic carbocycles. The van der Waals surface area contributed by atoms with Crippen LogP contribution in [-0.2, 0) is 9.59 Å². The predicted octanol–water partition coefficient (Wildman–Crippen LogP) is 4.69. The standard InChI is InChI=1S/C25H18F2N2O6S3/c26-18-4-1-12(6-19(18)27)13-5-16(37-11-13)9-21-23(33)29(25(36)38-21)15(10-30)8-22(32)28-14-2-3-17(24(34)35)20(31)7-14/h1-7,9,11,15,30-31H,8,10H2,(H,28,32)(H,34,35)/t15-/m0/s1. The Labute approximate surface area is 228 Å². The van der Waals surface area contributed by atoms with E-state index in [0.717, 1.165) is 40.9 Å². The summed E-state index contributed by atoms with van der Waals surface area (Å²) in [5.74, 6) is -4.88. The fourth-order valence-electron chi connectivity index (χ4n) is 3.63. The molecule has 3 aromatic rings. The molecule has 1 aliphatic rings. The zero-order valence-corrected chi connectivity index (χ0v) is 21.6. The zero-order valence-electron chi connectivity index (χ0n) is 19.2. The van der Waals surface area contributed by atoms with Crippen LogP contribution in [0.3, 0.4) is 0 Å². The number of anilines is 1. The van der Waals surface area contributed by atoms with Crippen molar-refractivity contribution in [3.8, 4) is 16.9 Å². The van der Waals surface area contributed by atoms with Crippen molar-refractivity contribution < 1.29 is 38.5 Å². The van der Waals surface area contributed by atoms with Gasteiger partial charge in [-0.1, -0.05) is 30.0 Å². The molecule has 0 bridgehead atoms. The SMILES string of the molecule is O=C(C[C@@H](CO)N1C(=O)C(=Cc2cc(-c3ccc(F)c(F)c3)cs2)SC1=S)Nc1ccc(C(=O)O)c(O)c1. The molecule has 4 N–H and O–H groups in total. The lowest BCUT2D eigenvalue weighted by Gasteiger charge is -2.24. The van der Waals surface area contributed by atoms with E-state index in [1.54, 1.807) is 17.5 Å². The number of aromatic carboxylic acids is 1. The van der Waals surface area contributed by atoms with Gasteiger partial charge in [-0.25, -0.2) is 13.6 Å². The minimum absolute atomic E-state index is 0.133. The lowest BCUT2D eigenvalue weighted by atomic mass is 10.1. The number of carboxylic acid groups (broad SMARTS) is 1.